The van der Waals surface area contributed by atoms with E-state index in [1.807, 2.05) is 38.1 Å². The predicted octanol–water partition coefficient (Wildman–Crippen LogP) is 1.61. The number of ether oxygens (including phenoxy) is 1. The molecule has 0 saturated carbocycles. The van der Waals surface area contributed by atoms with Crippen LogP contribution in [0.2, 0.25) is 0 Å². The summed E-state index contributed by atoms with van der Waals surface area (Å²) in [6.45, 7) is 3.75. The summed E-state index contributed by atoms with van der Waals surface area (Å²) in [5.41, 5.74) is 6.59. The van der Waals surface area contributed by atoms with Gasteiger partial charge in [-0.05, 0) is 31.5 Å². The van der Waals surface area contributed by atoms with Crippen molar-refractivity contribution >= 4 is 5.91 Å². The zero-order valence-electron chi connectivity index (χ0n) is 10.6. The summed E-state index contributed by atoms with van der Waals surface area (Å²) in [6, 6.07) is 7.49. The number of carbonyl (C=O) groups is 1. The molecule has 0 bridgehead atoms. The van der Waals surface area contributed by atoms with Crippen LogP contribution in [0.5, 0.6) is 5.75 Å². The van der Waals surface area contributed by atoms with Crippen LogP contribution in [0.25, 0.3) is 0 Å². The Labute approximate surface area is 102 Å². The molecule has 1 rings (SSSR count). The molecule has 0 aromatic heterocycles. The molecule has 1 amide bonds. The van der Waals surface area contributed by atoms with Crippen molar-refractivity contribution in [3.05, 3.63) is 29.8 Å². The first-order chi connectivity index (χ1) is 8.02. The summed E-state index contributed by atoms with van der Waals surface area (Å²) in [5, 5.41) is 2.90. The fourth-order valence-electron chi connectivity index (χ4n) is 1.59. The molecule has 94 valence electrons. The Balaban J connectivity index is 2.62. The van der Waals surface area contributed by atoms with Crippen LogP contribution in [0.1, 0.15) is 31.9 Å². The van der Waals surface area contributed by atoms with Gasteiger partial charge in [0.05, 0.1) is 13.2 Å². The van der Waals surface area contributed by atoms with Gasteiger partial charge in [0.15, 0.2) is 0 Å². The maximum Gasteiger partial charge on any atom is 0.222 e. The summed E-state index contributed by atoms with van der Waals surface area (Å²) in [6.07, 6.45) is 0.342. The number of nitrogens with two attached hydrogens (primary N) is 1. The molecular formula is C13H20N2O2. The predicted molar refractivity (Wildman–Crippen MR) is 67.8 cm³/mol. The third-order valence-electron chi connectivity index (χ3n) is 2.48. The van der Waals surface area contributed by atoms with Gasteiger partial charge in [0.25, 0.3) is 0 Å². The van der Waals surface area contributed by atoms with Gasteiger partial charge in [-0.15, -0.1) is 0 Å². The van der Waals surface area contributed by atoms with Crippen molar-refractivity contribution < 1.29 is 9.53 Å². The van der Waals surface area contributed by atoms with Gasteiger partial charge in [0.1, 0.15) is 5.75 Å². The molecule has 1 aromatic rings. The van der Waals surface area contributed by atoms with Crippen LogP contribution in [0.3, 0.4) is 0 Å². The monoisotopic (exact) mass is 236 g/mol. The molecule has 1 unspecified atom stereocenters. The van der Waals surface area contributed by atoms with Gasteiger partial charge in [-0.2, -0.15) is 0 Å². The fourth-order valence-corrected chi connectivity index (χ4v) is 1.59. The summed E-state index contributed by atoms with van der Waals surface area (Å²) in [5.74, 6) is 0.756. The topological polar surface area (TPSA) is 64.3 Å². The van der Waals surface area contributed by atoms with Crippen LogP contribution in [0.4, 0.5) is 0 Å². The molecular weight excluding hydrogens is 216 g/mol. The zero-order chi connectivity index (χ0) is 12.8. The van der Waals surface area contributed by atoms with Gasteiger partial charge < -0.3 is 15.8 Å². The molecule has 4 nitrogen and oxygen atoms in total. The number of hydrogen-bond acceptors (Lipinski definition) is 3. The van der Waals surface area contributed by atoms with E-state index in [0.29, 0.717) is 6.42 Å². The molecule has 0 spiro atoms. The molecule has 1 aromatic carbocycles. The van der Waals surface area contributed by atoms with Crippen molar-refractivity contribution in [2.75, 3.05) is 7.11 Å². The van der Waals surface area contributed by atoms with Crippen LogP contribution < -0.4 is 15.8 Å². The average Bonchev–Trinajstić information content (AvgIpc) is 2.27. The second kappa shape index (κ2) is 6.25. The van der Waals surface area contributed by atoms with E-state index < -0.39 is 0 Å². The summed E-state index contributed by atoms with van der Waals surface area (Å²) < 4.78 is 5.14. The van der Waals surface area contributed by atoms with E-state index in [0.717, 1.165) is 11.3 Å². The fraction of sp³-hybridized carbons (Fsp3) is 0.462. The minimum absolute atomic E-state index is 0.0321. The van der Waals surface area contributed by atoms with E-state index in [9.17, 15) is 4.79 Å². The van der Waals surface area contributed by atoms with Crippen molar-refractivity contribution in [2.24, 2.45) is 5.73 Å². The lowest BCUT2D eigenvalue weighted by Crippen LogP contribution is -2.31. The van der Waals surface area contributed by atoms with Gasteiger partial charge in [-0.1, -0.05) is 12.1 Å². The highest BCUT2D eigenvalue weighted by Crippen LogP contribution is 2.18. The molecule has 2 atom stereocenters. The Hall–Kier alpha value is -1.55. The molecule has 3 N–H and O–H groups in total. The number of methoxy groups -OCH3 is 1. The minimum Gasteiger partial charge on any atom is -0.497 e. The van der Waals surface area contributed by atoms with E-state index >= 15 is 0 Å². The summed E-state index contributed by atoms with van der Waals surface area (Å²) in [4.78, 5) is 11.6. The minimum atomic E-state index is -0.118. The van der Waals surface area contributed by atoms with E-state index in [1.165, 1.54) is 0 Å². The Morgan fingerprint density at radius 2 is 2.18 bits per heavy atom. The maximum absolute atomic E-state index is 11.6. The number of benzene rings is 1. The van der Waals surface area contributed by atoms with E-state index in [2.05, 4.69) is 5.32 Å². The molecule has 0 heterocycles. The second-order valence-corrected chi connectivity index (χ2v) is 4.25. The van der Waals surface area contributed by atoms with Crippen LogP contribution >= 0.6 is 0 Å². The van der Waals surface area contributed by atoms with Gasteiger partial charge in [-0.25, -0.2) is 0 Å². The Morgan fingerprint density at radius 3 is 2.76 bits per heavy atom. The molecule has 0 radical (unpaired) electrons. The van der Waals surface area contributed by atoms with Crippen LogP contribution in [0.15, 0.2) is 24.3 Å². The first-order valence-corrected chi connectivity index (χ1v) is 5.72. The summed E-state index contributed by atoms with van der Waals surface area (Å²) >= 11 is 0. The standard InChI is InChI=1S/C13H20N2O2/c1-9(14)7-13(16)15-10(2)11-5-4-6-12(8-11)17-3/h4-6,8-10H,7,14H2,1-3H3,(H,15,16)/t9?,10-/m0/s1. The normalized spacial score (nSPS) is 13.9. The molecule has 0 aliphatic carbocycles. The van der Waals surface area contributed by atoms with Crippen LogP contribution in [-0.4, -0.2) is 19.1 Å². The van der Waals surface area contributed by atoms with Gasteiger partial charge in [-0.3, -0.25) is 4.79 Å². The van der Waals surface area contributed by atoms with Crippen molar-refractivity contribution in [3.63, 3.8) is 0 Å². The number of amides is 1. The van der Waals surface area contributed by atoms with E-state index in [1.54, 1.807) is 7.11 Å². The summed E-state index contributed by atoms with van der Waals surface area (Å²) in [7, 11) is 1.62. The Bertz CT molecular complexity index is 377. The number of hydrogen-bond donors (Lipinski definition) is 2. The lowest BCUT2D eigenvalue weighted by molar-refractivity contribution is -0.122. The molecule has 0 aliphatic heterocycles. The van der Waals surface area contributed by atoms with Crippen molar-refractivity contribution in [1.29, 1.82) is 0 Å². The van der Waals surface area contributed by atoms with Crippen LogP contribution in [0, 0.1) is 0 Å². The van der Waals surface area contributed by atoms with E-state index in [-0.39, 0.29) is 18.0 Å². The van der Waals surface area contributed by atoms with Crippen molar-refractivity contribution in [2.45, 2.75) is 32.4 Å². The quantitative estimate of drug-likeness (QED) is 0.816. The molecule has 0 aliphatic rings. The van der Waals surface area contributed by atoms with Crippen molar-refractivity contribution in [3.8, 4) is 5.75 Å². The van der Waals surface area contributed by atoms with Gasteiger partial charge in [0.2, 0.25) is 5.91 Å². The molecule has 0 saturated heterocycles. The van der Waals surface area contributed by atoms with Gasteiger partial charge in [0, 0.05) is 12.5 Å². The smallest absolute Gasteiger partial charge is 0.222 e. The number of nitrogens with one attached hydrogen (secondary N) is 1. The lowest BCUT2D eigenvalue weighted by atomic mass is 10.1. The third-order valence-corrected chi connectivity index (χ3v) is 2.48. The van der Waals surface area contributed by atoms with Gasteiger partial charge >= 0.3 is 0 Å². The van der Waals surface area contributed by atoms with E-state index in [4.69, 9.17) is 10.5 Å². The highest BCUT2D eigenvalue weighted by Gasteiger charge is 2.11. The Morgan fingerprint density at radius 1 is 1.47 bits per heavy atom. The molecule has 17 heavy (non-hydrogen) atoms. The first kappa shape index (κ1) is 13.5. The average molecular weight is 236 g/mol. The zero-order valence-corrected chi connectivity index (χ0v) is 10.6. The highest BCUT2D eigenvalue weighted by atomic mass is 16.5. The Kier molecular flexibility index (Phi) is 4.97. The third kappa shape index (κ3) is 4.44. The second-order valence-electron chi connectivity index (χ2n) is 4.25. The highest BCUT2D eigenvalue weighted by molar-refractivity contribution is 5.77. The van der Waals surface area contributed by atoms with Crippen LogP contribution in [-0.2, 0) is 4.79 Å². The SMILES string of the molecule is COc1cccc([C@H](C)NC(=O)CC(C)N)c1. The first-order valence-electron chi connectivity index (χ1n) is 5.72. The number of rotatable bonds is 5. The lowest BCUT2D eigenvalue weighted by Gasteiger charge is -2.16. The molecule has 4 heteroatoms. The largest absolute Gasteiger partial charge is 0.497 e. The molecule has 0 fully saturated rings. The number of carbonyl (C=O) groups excluding carboxylic acids is 1. The maximum atomic E-state index is 11.6. The van der Waals surface area contributed by atoms with Crippen molar-refractivity contribution in [1.82, 2.24) is 5.32 Å².